The molecule has 0 fully saturated rings. The average molecular weight is 395 g/mol. The second-order valence-corrected chi connectivity index (χ2v) is 8.77. The largest absolute Gasteiger partial charge is 0.350 e. The molecule has 156 valence electrons. The summed E-state index contributed by atoms with van der Waals surface area (Å²) in [6.07, 6.45) is 0.848. The molecule has 0 aliphatic carbocycles. The molecule has 2 rings (SSSR count). The topological polar surface area (TPSA) is 49.4 Å². The fourth-order valence-corrected chi connectivity index (χ4v) is 3.34. The molecule has 0 radical (unpaired) electrons. The number of nitrogens with one attached hydrogen (secondary N) is 1. The summed E-state index contributed by atoms with van der Waals surface area (Å²) in [7, 11) is 0. The maximum absolute atomic E-state index is 13.3. The van der Waals surface area contributed by atoms with Crippen molar-refractivity contribution in [2.45, 2.75) is 72.5 Å². The van der Waals surface area contributed by atoms with Crippen LogP contribution in [0, 0.1) is 13.8 Å². The Morgan fingerprint density at radius 2 is 1.62 bits per heavy atom. The zero-order valence-electron chi connectivity index (χ0n) is 18.6. The number of benzene rings is 2. The smallest absolute Gasteiger partial charge is 0.243 e. The molecule has 4 nitrogen and oxygen atoms in total. The van der Waals surface area contributed by atoms with Gasteiger partial charge in [0, 0.05) is 12.1 Å². The van der Waals surface area contributed by atoms with E-state index in [1.807, 2.05) is 70.2 Å². The molecule has 1 N–H and O–H groups in total. The van der Waals surface area contributed by atoms with Crippen LogP contribution in [-0.2, 0) is 22.6 Å². The van der Waals surface area contributed by atoms with Crippen molar-refractivity contribution in [1.82, 2.24) is 10.2 Å². The summed E-state index contributed by atoms with van der Waals surface area (Å²) < 4.78 is 0. The Labute approximate surface area is 175 Å². The fourth-order valence-electron chi connectivity index (χ4n) is 3.34. The Bertz CT molecular complexity index is 838. The molecular weight excluding hydrogens is 360 g/mol. The zero-order chi connectivity index (χ0) is 21.6. The standard InChI is InChI=1S/C25H34N2O2/c1-7-22(24(29)26-25(4,5)6)27(17-20-11-9-8-10-12-20)23(28)16-21-14-13-18(2)19(3)15-21/h8-15,22H,7,16-17H2,1-6H3,(H,26,29)/t22-/m0/s1. The first-order valence-electron chi connectivity index (χ1n) is 10.3. The van der Waals surface area contributed by atoms with Gasteiger partial charge in [0.05, 0.1) is 6.42 Å². The lowest BCUT2D eigenvalue weighted by atomic mass is 10.0. The molecule has 0 bridgehead atoms. The van der Waals surface area contributed by atoms with E-state index in [1.165, 1.54) is 11.1 Å². The van der Waals surface area contributed by atoms with Gasteiger partial charge in [0.2, 0.25) is 11.8 Å². The van der Waals surface area contributed by atoms with Crippen LogP contribution in [0.25, 0.3) is 0 Å². The maximum Gasteiger partial charge on any atom is 0.243 e. The number of carbonyl (C=O) groups is 2. The molecule has 29 heavy (non-hydrogen) atoms. The van der Waals surface area contributed by atoms with Gasteiger partial charge in [-0.05, 0) is 63.3 Å². The second kappa shape index (κ2) is 9.73. The SMILES string of the molecule is CC[C@@H](C(=O)NC(C)(C)C)N(Cc1ccccc1)C(=O)Cc1ccc(C)c(C)c1. The van der Waals surface area contributed by atoms with Crippen molar-refractivity contribution in [3.63, 3.8) is 0 Å². The third kappa shape index (κ3) is 6.74. The molecule has 0 saturated carbocycles. The lowest BCUT2D eigenvalue weighted by Crippen LogP contribution is -2.53. The number of hydrogen-bond donors (Lipinski definition) is 1. The number of amides is 2. The third-order valence-corrected chi connectivity index (χ3v) is 5.01. The highest BCUT2D eigenvalue weighted by molar-refractivity contribution is 5.88. The molecule has 2 aromatic rings. The quantitative estimate of drug-likeness (QED) is 0.748. The van der Waals surface area contributed by atoms with Crippen LogP contribution < -0.4 is 5.32 Å². The first-order chi connectivity index (χ1) is 13.6. The molecule has 0 saturated heterocycles. The maximum atomic E-state index is 13.3. The predicted octanol–water partition coefficient (Wildman–Crippen LogP) is 4.57. The van der Waals surface area contributed by atoms with Crippen LogP contribution in [0.2, 0.25) is 0 Å². The van der Waals surface area contributed by atoms with Crippen LogP contribution >= 0.6 is 0 Å². The molecule has 2 aromatic carbocycles. The predicted molar refractivity (Wildman–Crippen MR) is 119 cm³/mol. The number of aryl methyl sites for hydroxylation is 2. The van der Waals surface area contributed by atoms with Crippen LogP contribution in [0.1, 0.15) is 56.4 Å². The Morgan fingerprint density at radius 3 is 2.17 bits per heavy atom. The summed E-state index contributed by atoms with van der Waals surface area (Å²) in [5, 5.41) is 3.04. The van der Waals surface area contributed by atoms with Crippen LogP contribution in [-0.4, -0.2) is 28.3 Å². The van der Waals surface area contributed by atoms with Gasteiger partial charge < -0.3 is 10.2 Å². The minimum atomic E-state index is -0.506. The van der Waals surface area contributed by atoms with Gasteiger partial charge in [-0.2, -0.15) is 0 Å². The molecule has 0 aliphatic heterocycles. The van der Waals surface area contributed by atoms with Crippen LogP contribution in [0.5, 0.6) is 0 Å². The highest BCUT2D eigenvalue weighted by Crippen LogP contribution is 2.17. The van der Waals surface area contributed by atoms with E-state index in [-0.39, 0.29) is 23.8 Å². The lowest BCUT2D eigenvalue weighted by Gasteiger charge is -2.33. The van der Waals surface area contributed by atoms with Gasteiger partial charge in [-0.1, -0.05) is 55.5 Å². The van der Waals surface area contributed by atoms with Crippen molar-refractivity contribution >= 4 is 11.8 Å². The van der Waals surface area contributed by atoms with Gasteiger partial charge in [0.1, 0.15) is 6.04 Å². The first-order valence-corrected chi connectivity index (χ1v) is 10.3. The number of carbonyl (C=O) groups excluding carboxylic acids is 2. The summed E-state index contributed by atoms with van der Waals surface area (Å²) >= 11 is 0. The van der Waals surface area contributed by atoms with E-state index >= 15 is 0 Å². The molecule has 0 aromatic heterocycles. The summed E-state index contributed by atoms with van der Waals surface area (Å²) in [5.41, 5.74) is 4.02. The van der Waals surface area contributed by atoms with Crippen molar-refractivity contribution in [3.05, 3.63) is 70.8 Å². The normalized spacial score (nSPS) is 12.3. The average Bonchev–Trinajstić information content (AvgIpc) is 2.64. The van der Waals surface area contributed by atoms with Crippen LogP contribution in [0.4, 0.5) is 0 Å². The van der Waals surface area contributed by atoms with Gasteiger partial charge in [-0.25, -0.2) is 0 Å². The third-order valence-electron chi connectivity index (χ3n) is 5.01. The Kier molecular flexibility index (Phi) is 7.60. The fraction of sp³-hybridized carbons (Fsp3) is 0.440. The van der Waals surface area contributed by atoms with E-state index < -0.39 is 6.04 Å². The molecule has 0 heterocycles. The summed E-state index contributed by atoms with van der Waals surface area (Å²) in [4.78, 5) is 28.0. The van der Waals surface area contributed by atoms with E-state index in [0.717, 1.165) is 11.1 Å². The van der Waals surface area contributed by atoms with Crippen molar-refractivity contribution in [3.8, 4) is 0 Å². The molecular formula is C25H34N2O2. The second-order valence-electron chi connectivity index (χ2n) is 8.77. The Balaban J connectivity index is 2.30. The van der Waals surface area contributed by atoms with Crippen LogP contribution in [0.15, 0.2) is 48.5 Å². The monoisotopic (exact) mass is 394 g/mol. The van der Waals surface area contributed by atoms with Gasteiger partial charge in [0.15, 0.2) is 0 Å². The van der Waals surface area contributed by atoms with Crippen LogP contribution in [0.3, 0.4) is 0 Å². The van der Waals surface area contributed by atoms with E-state index in [1.54, 1.807) is 4.90 Å². The van der Waals surface area contributed by atoms with Crippen molar-refractivity contribution in [1.29, 1.82) is 0 Å². The van der Waals surface area contributed by atoms with Crippen molar-refractivity contribution < 1.29 is 9.59 Å². The highest BCUT2D eigenvalue weighted by atomic mass is 16.2. The Hall–Kier alpha value is -2.62. The van der Waals surface area contributed by atoms with Crippen molar-refractivity contribution in [2.75, 3.05) is 0 Å². The summed E-state index contributed by atoms with van der Waals surface area (Å²) in [6, 6.07) is 15.4. The van der Waals surface area contributed by atoms with Gasteiger partial charge in [0.25, 0.3) is 0 Å². The lowest BCUT2D eigenvalue weighted by molar-refractivity contribution is -0.141. The molecule has 4 heteroatoms. The highest BCUT2D eigenvalue weighted by Gasteiger charge is 2.30. The van der Waals surface area contributed by atoms with Gasteiger partial charge >= 0.3 is 0 Å². The van der Waals surface area contributed by atoms with E-state index in [2.05, 4.69) is 25.2 Å². The Morgan fingerprint density at radius 1 is 0.966 bits per heavy atom. The zero-order valence-corrected chi connectivity index (χ0v) is 18.6. The molecule has 0 unspecified atom stereocenters. The van der Waals surface area contributed by atoms with E-state index in [4.69, 9.17) is 0 Å². The number of rotatable bonds is 7. The van der Waals surface area contributed by atoms with Gasteiger partial charge in [-0.3, -0.25) is 9.59 Å². The minimum absolute atomic E-state index is 0.0342. The first kappa shape index (κ1) is 22.7. The molecule has 0 aliphatic rings. The summed E-state index contributed by atoms with van der Waals surface area (Å²) in [5.74, 6) is -0.141. The van der Waals surface area contributed by atoms with Gasteiger partial charge in [-0.15, -0.1) is 0 Å². The van der Waals surface area contributed by atoms with Crippen molar-refractivity contribution in [2.24, 2.45) is 0 Å². The molecule has 2 amide bonds. The number of nitrogens with zero attached hydrogens (tertiary/aromatic N) is 1. The molecule has 1 atom stereocenters. The summed E-state index contributed by atoms with van der Waals surface area (Å²) in [6.45, 7) is 12.3. The van der Waals surface area contributed by atoms with E-state index in [0.29, 0.717) is 13.0 Å². The number of hydrogen-bond acceptors (Lipinski definition) is 2. The van der Waals surface area contributed by atoms with E-state index in [9.17, 15) is 9.59 Å². The minimum Gasteiger partial charge on any atom is -0.350 e. The molecule has 0 spiro atoms.